The Labute approximate surface area is 271 Å². The quantitative estimate of drug-likeness (QED) is 0.187. The summed E-state index contributed by atoms with van der Waals surface area (Å²) in [7, 11) is 0. The fourth-order valence-corrected chi connectivity index (χ4v) is 5.89. The van der Waals surface area contributed by atoms with Gasteiger partial charge in [0.1, 0.15) is 36.1 Å². The third kappa shape index (κ3) is 6.55. The van der Waals surface area contributed by atoms with E-state index < -0.39 is 35.6 Å². The van der Waals surface area contributed by atoms with Crippen molar-refractivity contribution in [2.24, 2.45) is 0 Å². The molecule has 1 aliphatic heterocycles. The molecule has 5 aromatic rings. The lowest BCUT2D eigenvalue weighted by Crippen LogP contribution is -2.37. The number of pyridine rings is 1. The number of hydrogen-bond acceptors (Lipinski definition) is 6. The standard InChI is InChI=1S/C35H27F4N5O4/c1-19(45)43-16-24(36)13-25(43)17-44-32-11-21(35(46)47)7-8-31(32)41-33(44)12-23-10-29(39)26(14-28(23)38)30-3-2-4-34(42-30)48-18-22-6-5-20(15-40)9-27(22)37/h2-11,14,24-25H,12-13,16-18H2,1H3,(H,46,47)/t24-,25-/m1/s1. The maximum Gasteiger partial charge on any atom is 0.335 e. The largest absolute Gasteiger partial charge is 0.478 e. The van der Waals surface area contributed by atoms with Crippen LogP contribution in [-0.2, 0) is 24.4 Å². The van der Waals surface area contributed by atoms with E-state index in [2.05, 4.69) is 9.97 Å². The molecule has 1 N–H and O–H groups in total. The Morgan fingerprint density at radius 2 is 1.79 bits per heavy atom. The first-order valence-corrected chi connectivity index (χ1v) is 14.9. The number of amides is 1. The van der Waals surface area contributed by atoms with Crippen molar-refractivity contribution >= 4 is 22.9 Å². The molecular formula is C35H27F4N5O4. The van der Waals surface area contributed by atoms with Crippen LogP contribution in [0, 0.1) is 28.8 Å². The first-order chi connectivity index (χ1) is 23.0. The molecule has 1 amide bonds. The molecule has 3 aromatic carbocycles. The number of carbonyl (C=O) groups is 2. The number of benzene rings is 3. The van der Waals surface area contributed by atoms with E-state index in [1.807, 2.05) is 6.07 Å². The van der Waals surface area contributed by atoms with E-state index in [-0.39, 0.29) is 83.7 Å². The van der Waals surface area contributed by atoms with Crippen molar-refractivity contribution < 1.29 is 37.0 Å². The van der Waals surface area contributed by atoms with E-state index in [9.17, 15) is 23.5 Å². The molecule has 2 aromatic heterocycles. The number of ether oxygens (including phenoxy) is 1. The number of likely N-dealkylation sites (tertiary alicyclic amines) is 1. The predicted octanol–water partition coefficient (Wildman–Crippen LogP) is 6.21. The zero-order valence-electron chi connectivity index (χ0n) is 25.5. The topological polar surface area (TPSA) is 121 Å². The van der Waals surface area contributed by atoms with Gasteiger partial charge in [0.05, 0.1) is 46.5 Å². The van der Waals surface area contributed by atoms with Gasteiger partial charge in [-0.3, -0.25) is 4.79 Å². The Hall–Kier alpha value is -5.77. The highest BCUT2D eigenvalue weighted by Crippen LogP contribution is 2.30. The van der Waals surface area contributed by atoms with Crippen LogP contribution in [0.3, 0.4) is 0 Å². The Bertz CT molecular complexity index is 2110. The molecule has 0 saturated carbocycles. The van der Waals surface area contributed by atoms with Crippen LogP contribution < -0.4 is 4.74 Å². The van der Waals surface area contributed by atoms with Crippen LogP contribution in [0.15, 0.2) is 66.7 Å². The predicted molar refractivity (Wildman–Crippen MR) is 165 cm³/mol. The van der Waals surface area contributed by atoms with Crippen molar-refractivity contribution in [2.45, 2.75) is 45.1 Å². The molecule has 1 fully saturated rings. The Morgan fingerprint density at radius 1 is 1.00 bits per heavy atom. The minimum Gasteiger partial charge on any atom is -0.478 e. The van der Waals surface area contributed by atoms with Crippen LogP contribution in [0.4, 0.5) is 17.6 Å². The van der Waals surface area contributed by atoms with Gasteiger partial charge in [-0.2, -0.15) is 5.26 Å². The third-order valence-electron chi connectivity index (χ3n) is 8.28. The smallest absolute Gasteiger partial charge is 0.335 e. The van der Waals surface area contributed by atoms with E-state index in [4.69, 9.17) is 10.00 Å². The first kappa shape index (κ1) is 32.2. The van der Waals surface area contributed by atoms with Gasteiger partial charge < -0.3 is 19.3 Å². The fraction of sp³-hybridized carbons (Fsp3) is 0.229. The van der Waals surface area contributed by atoms with Crippen molar-refractivity contribution in [1.29, 1.82) is 5.26 Å². The molecule has 48 heavy (non-hydrogen) atoms. The molecule has 0 bridgehead atoms. The zero-order chi connectivity index (χ0) is 34.1. The molecule has 0 aliphatic carbocycles. The summed E-state index contributed by atoms with van der Waals surface area (Å²) in [6.07, 6.45) is -1.37. The Morgan fingerprint density at radius 3 is 2.52 bits per heavy atom. The zero-order valence-corrected chi connectivity index (χ0v) is 25.5. The van der Waals surface area contributed by atoms with Gasteiger partial charge in [-0.05, 0) is 54.1 Å². The highest BCUT2D eigenvalue weighted by Gasteiger charge is 2.35. The first-order valence-electron chi connectivity index (χ1n) is 14.9. The number of nitriles is 1. The van der Waals surface area contributed by atoms with Gasteiger partial charge in [-0.25, -0.2) is 32.3 Å². The number of rotatable bonds is 9. The number of carboxylic acid groups (broad SMARTS) is 1. The van der Waals surface area contributed by atoms with Crippen molar-refractivity contribution in [3.8, 4) is 23.2 Å². The van der Waals surface area contributed by atoms with Gasteiger partial charge in [0, 0.05) is 43.5 Å². The summed E-state index contributed by atoms with van der Waals surface area (Å²) in [6, 6.07) is 16.0. The van der Waals surface area contributed by atoms with Crippen LogP contribution >= 0.6 is 0 Å². The average Bonchev–Trinajstić information content (AvgIpc) is 3.60. The van der Waals surface area contributed by atoms with Gasteiger partial charge >= 0.3 is 5.97 Å². The second-order valence-electron chi connectivity index (χ2n) is 11.5. The second kappa shape index (κ2) is 13.2. The SMILES string of the molecule is CC(=O)N1C[C@H](F)C[C@@H]1Cn1c(Cc2cc(F)c(-c3cccc(OCc4ccc(C#N)cc4F)n3)cc2F)nc2ccc(C(=O)O)cc21. The van der Waals surface area contributed by atoms with Crippen LogP contribution in [0.2, 0.25) is 0 Å². The molecule has 0 radical (unpaired) electrons. The molecule has 244 valence electrons. The summed E-state index contributed by atoms with van der Waals surface area (Å²) in [5.41, 5.74) is 0.987. The molecule has 0 unspecified atom stereocenters. The number of halogens is 4. The maximum atomic E-state index is 15.7. The molecular weight excluding hydrogens is 630 g/mol. The minimum atomic E-state index is -1.24. The molecule has 3 heterocycles. The van der Waals surface area contributed by atoms with Crippen molar-refractivity contribution in [1.82, 2.24) is 19.4 Å². The highest BCUT2D eigenvalue weighted by molar-refractivity contribution is 5.92. The van der Waals surface area contributed by atoms with Gasteiger partial charge in [-0.1, -0.05) is 12.1 Å². The molecule has 2 atom stereocenters. The molecule has 1 saturated heterocycles. The van der Waals surface area contributed by atoms with E-state index >= 15 is 8.78 Å². The van der Waals surface area contributed by atoms with E-state index in [1.54, 1.807) is 4.57 Å². The lowest BCUT2D eigenvalue weighted by atomic mass is 10.0. The van der Waals surface area contributed by atoms with Crippen molar-refractivity contribution in [3.05, 3.63) is 112 Å². The monoisotopic (exact) mass is 657 g/mol. The maximum absolute atomic E-state index is 15.7. The molecule has 0 spiro atoms. The number of carbonyl (C=O) groups excluding carboxylic acids is 1. The molecule has 1 aliphatic rings. The van der Waals surface area contributed by atoms with E-state index in [0.29, 0.717) is 11.0 Å². The summed E-state index contributed by atoms with van der Waals surface area (Å²) in [4.78, 5) is 34.2. The summed E-state index contributed by atoms with van der Waals surface area (Å²) in [5, 5.41) is 18.5. The number of aromatic nitrogens is 3. The molecule has 9 nitrogen and oxygen atoms in total. The summed E-state index contributed by atoms with van der Waals surface area (Å²) >= 11 is 0. The summed E-state index contributed by atoms with van der Waals surface area (Å²) in [6.45, 7) is 1.12. The number of hydrogen-bond donors (Lipinski definition) is 1. The minimum absolute atomic E-state index is 0.0178. The second-order valence-corrected chi connectivity index (χ2v) is 11.5. The molecule has 6 rings (SSSR count). The van der Waals surface area contributed by atoms with Gasteiger partial charge in [0.15, 0.2) is 0 Å². The fourth-order valence-electron chi connectivity index (χ4n) is 5.89. The van der Waals surface area contributed by atoms with Crippen LogP contribution in [-0.4, -0.2) is 55.2 Å². The number of aromatic carboxylic acids is 1. The van der Waals surface area contributed by atoms with Gasteiger partial charge in [0.25, 0.3) is 0 Å². The van der Waals surface area contributed by atoms with Crippen molar-refractivity contribution in [2.75, 3.05) is 6.54 Å². The number of imidazole rings is 1. The third-order valence-corrected chi connectivity index (χ3v) is 8.28. The summed E-state index contributed by atoms with van der Waals surface area (Å²) in [5.74, 6) is -3.36. The highest BCUT2D eigenvalue weighted by atomic mass is 19.1. The lowest BCUT2D eigenvalue weighted by molar-refractivity contribution is -0.130. The number of fused-ring (bicyclic) bond motifs is 1. The average molecular weight is 658 g/mol. The van der Waals surface area contributed by atoms with Gasteiger partial charge in [-0.15, -0.1) is 0 Å². The Balaban J connectivity index is 1.29. The van der Waals surface area contributed by atoms with Crippen molar-refractivity contribution in [3.63, 3.8) is 0 Å². The van der Waals surface area contributed by atoms with E-state index in [1.165, 1.54) is 60.4 Å². The summed E-state index contributed by atoms with van der Waals surface area (Å²) < 4.78 is 67.1. The number of nitrogens with zero attached hydrogens (tertiary/aromatic N) is 5. The normalized spacial score (nSPS) is 15.9. The van der Waals surface area contributed by atoms with E-state index in [0.717, 1.165) is 18.2 Å². The van der Waals surface area contributed by atoms with Gasteiger partial charge in [0.2, 0.25) is 11.8 Å². The number of carboxylic acids is 1. The van der Waals surface area contributed by atoms with Crippen LogP contribution in [0.25, 0.3) is 22.3 Å². The Kier molecular flexibility index (Phi) is 8.82. The van der Waals surface area contributed by atoms with Crippen LogP contribution in [0.1, 0.15) is 46.2 Å². The van der Waals surface area contributed by atoms with Crippen LogP contribution in [0.5, 0.6) is 5.88 Å². The molecule has 13 heteroatoms. The lowest BCUT2D eigenvalue weighted by Gasteiger charge is -2.24. The number of alkyl halides is 1.